The number of carbonyl (C=O) groups is 1. The van der Waals surface area contributed by atoms with Crippen molar-refractivity contribution in [2.24, 2.45) is 0 Å². The number of hydrogen-bond acceptors (Lipinski definition) is 6. The van der Waals surface area contributed by atoms with Gasteiger partial charge in [0.15, 0.2) is 0 Å². The van der Waals surface area contributed by atoms with Crippen LogP contribution >= 0.6 is 0 Å². The maximum atomic E-state index is 14.0. The summed E-state index contributed by atoms with van der Waals surface area (Å²) in [6.07, 6.45) is -3.83. The summed E-state index contributed by atoms with van der Waals surface area (Å²) in [6.45, 7) is 1.18. The lowest BCUT2D eigenvalue weighted by molar-refractivity contribution is -0.387. The Kier molecular flexibility index (Phi) is 6.58. The zero-order valence-electron chi connectivity index (χ0n) is 18.3. The molecule has 0 saturated heterocycles. The number of aliphatic hydroxyl groups is 2. The molecule has 0 saturated carbocycles. The number of carbonyl (C=O) groups excluding carboxylic acids is 1. The number of halogens is 1. The predicted molar refractivity (Wildman–Crippen MR) is 122 cm³/mol. The Hall–Kier alpha value is -3.82. The molecule has 8 nitrogen and oxygen atoms in total. The van der Waals surface area contributed by atoms with E-state index in [0.29, 0.717) is 0 Å². The molecule has 0 heterocycles. The van der Waals surface area contributed by atoms with Crippen molar-refractivity contribution in [2.75, 3.05) is 13.2 Å². The summed E-state index contributed by atoms with van der Waals surface area (Å²) >= 11 is 0. The molecule has 0 aliphatic heterocycles. The zero-order valence-corrected chi connectivity index (χ0v) is 18.3. The lowest BCUT2D eigenvalue weighted by atomic mass is 9.98. The van der Waals surface area contributed by atoms with E-state index in [-0.39, 0.29) is 30.2 Å². The molecule has 34 heavy (non-hydrogen) atoms. The second-order valence-electron chi connectivity index (χ2n) is 8.14. The second-order valence-corrected chi connectivity index (χ2v) is 8.14. The zero-order chi connectivity index (χ0) is 24.4. The first-order valence-corrected chi connectivity index (χ1v) is 10.7. The molecule has 0 fully saturated rings. The lowest BCUT2D eigenvalue weighted by Gasteiger charge is -2.21. The van der Waals surface area contributed by atoms with Crippen molar-refractivity contribution in [3.8, 4) is 11.1 Å². The number of nitro groups is 1. The Balaban J connectivity index is 1.36. The van der Waals surface area contributed by atoms with Crippen molar-refractivity contribution >= 4 is 11.8 Å². The maximum absolute atomic E-state index is 14.0. The normalized spacial score (nSPS) is 14.1. The van der Waals surface area contributed by atoms with Gasteiger partial charge in [0.05, 0.1) is 4.92 Å². The van der Waals surface area contributed by atoms with Gasteiger partial charge in [0.25, 0.3) is 0 Å². The van der Waals surface area contributed by atoms with Crippen LogP contribution in [0, 0.1) is 22.9 Å². The summed E-state index contributed by atoms with van der Waals surface area (Å²) in [7, 11) is 0. The summed E-state index contributed by atoms with van der Waals surface area (Å²) < 4.78 is 19.3. The van der Waals surface area contributed by atoms with Gasteiger partial charge in [-0.25, -0.2) is 4.79 Å². The molecule has 3 aromatic rings. The standard InChI is InChI=1S/C25H23FN2O6/c1-14-10-22(28(32)33)21(26)11-19(14)24(30)23(29)12-27-25(31)34-13-20-17-8-4-2-6-15(17)16-7-3-5-9-18(16)20/h2-11,20,23-24,29-30H,12-13H2,1H3,(H,27,31). The number of aryl methyl sites for hydroxylation is 1. The minimum atomic E-state index is -1.57. The summed E-state index contributed by atoms with van der Waals surface area (Å²) in [5.41, 5.74) is 3.81. The van der Waals surface area contributed by atoms with Crippen molar-refractivity contribution in [1.82, 2.24) is 5.32 Å². The highest BCUT2D eigenvalue weighted by Crippen LogP contribution is 2.44. The highest BCUT2D eigenvalue weighted by molar-refractivity contribution is 5.79. The largest absolute Gasteiger partial charge is 0.449 e. The van der Waals surface area contributed by atoms with Gasteiger partial charge in [-0.1, -0.05) is 48.5 Å². The molecule has 176 valence electrons. The number of alkyl carbamates (subject to hydrolysis) is 1. The summed E-state index contributed by atoms with van der Waals surface area (Å²) in [4.78, 5) is 22.3. The minimum Gasteiger partial charge on any atom is -0.449 e. The fraction of sp³-hybridized carbons (Fsp3) is 0.240. The van der Waals surface area contributed by atoms with Crippen molar-refractivity contribution < 1.29 is 29.1 Å². The quantitative estimate of drug-likeness (QED) is 0.358. The van der Waals surface area contributed by atoms with Gasteiger partial charge in [0.1, 0.15) is 18.8 Å². The molecule has 1 aliphatic rings. The van der Waals surface area contributed by atoms with E-state index in [1.807, 2.05) is 48.5 Å². The van der Waals surface area contributed by atoms with Gasteiger partial charge in [0.2, 0.25) is 5.82 Å². The number of nitrogens with one attached hydrogen (secondary N) is 1. The summed E-state index contributed by atoms with van der Waals surface area (Å²) in [5, 5.41) is 33.9. The average molecular weight is 466 g/mol. The first kappa shape index (κ1) is 23.3. The molecule has 0 spiro atoms. The van der Waals surface area contributed by atoms with E-state index in [4.69, 9.17) is 4.74 Å². The lowest BCUT2D eigenvalue weighted by Crippen LogP contribution is -2.36. The molecule has 0 aromatic heterocycles. The topological polar surface area (TPSA) is 122 Å². The number of aliphatic hydroxyl groups excluding tert-OH is 2. The van der Waals surface area contributed by atoms with E-state index in [1.165, 1.54) is 6.92 Å². The van der Waals surface area contributed by atoms with Crippen LogP contribution < -0.4 is 5.32 Å². The maximum Gasteiger partial charge on any atom is 0.407 e. The monoisotopic (exact) mass is 466 g/mol. The molecule has 1 amide bonds. The van der Waals surface area contributed by atoms with Crippen LogP contribution in [-0.2, 0) is 4.74 Å². The molecule has 3 aromatic carbocycles. The Labute approximate surface area is 194 Å². The van der Waals surface area contributed by atoms with E-state index in [1.54, 1.807) is 0 Å². The molecular formula is C25H23FN2O6. The van der Waals surface area contributed by atoms with Gasteiger partial charge in [0, 0.05) is 18.5 Å². The van der Waals surface area contributed by atoms with E-state index in [9.17, 15) is 29.5 Å². The van der Waals surface area contributed by atoms with Crippen molar-refractivity contribution in [3.05, 3.63) is 98.8 Å². The first-order chi connectivity index (χ1) is 16.3. The SMILES string of the molecule is Cc1cc([N+](=O)[O-])c(F)cc1C(O)C(O)CNC(=O)OCC1c2ccccc2-c2ccccc21. The molecule has 4 rings (SSSR count). The smallest absolute Gasteiger partial charge is 0.407 e. The molecule has 9 heteroatoms. The average Bonchev–Trinajstić information content (AvgIpc) is 3.15. The van der Waals surface area contributed by atoms with Gasteiger partial charge < -0.3 is 20.3 Å². The van der Waals surface area contributed by atoms with Crippen LogP contribution in [0.15, 0.2) is 60.7 Å². The minimum absolute atomic E-state index is 0.00932. The number of hydrogen-bond donors (Lipinski definition) is 3. The number of nitro benzene ring substituents is 1. The third-order valence-electron chi connectivity index (χ3n) is 6.01. The molecular weight excluding hydrogens is 443 g/mol. The van der Waals surface area contributed by atoms with E-state index in [0.717, 1.165) is 34.4 Å². The Morgan fingerprint density at radius 2 is 1.71 bits per heavy atom. The van der Waals surface area contributed by atoms with Gasteiger partial charge >= 0.3 is 11.8 Å². The third-order valence-corrected chi connectivity index (χ3v) is 6.01. The molecule has 1 aliphatic carbocycles. The Bertz CT molecular complexity index is 1200. The van der Waals surface area contributed by atoms with Crippen LogP contribution in [0.4, 0.5) is 14.9 Å². The summed E-state index contributed by atoms with van der Waals surface area (Å²) in [5.74, 6) is -1.25. The highest BCUT2D eigenvalue weighted by Gasteiger charge is 2.29. The summed E-state index contributed by atoms with van der Waals surface area (Å²) in [6, 6.07) is 17.6. The van der Waals surface area contributed by atoms with Crippen molar-refractivity contribution in [1.29, 1.82) is 0 Å². The number of amides is 1. The predicted octanol–water partition coefficient (Wildman–Crippen LogP) is 3.98. The number of rotatable bonds is 7. The fourth-order valence-corrected chi connectivity index (χ4v) is 4.30. The first-order valence-electron chi connectivity index (χ1n) is 10.7. The molecule has 2 atom stereocenters. The van der Waals surface area contributed by atoms with Crippen LogP contribution in [0.2, 0.25) is 0 Å². The van der Waals surface area contributed by atoms with Crippen LogP contribution in [-0.4, -0.2) is 40.5 Å². The van der Waals surface area contributed by atoms with E-state index >= 15 is 0 Å². The number of ether oxygens (including phenoxy) is 1. The number of benzene rings is 3. The molecule has 3 N–H and O–H groups in total. The van der Waals surface area contributed by atoms with Gasteiger partial charge in [-0.2, -0.15) is 4.39 Å². The Morgan fingerprint density at radius 1 is 1.12 bits per heavy atom. The van der Waals surface area contributed by atoms with E-state index < -0.39 is 34.7 Å². The van der Waals surface area contributed by atoms with Gasteiger partial charge in [-0.3, -0.25) is 10.1 Å². The second kappa shape index (κ2) is 9.58. The van der Waals surface area contributed by atoms with Crippen molar-refractivity contribution in [2.45, 2.75) is 25.0 Å². The van der Waals surface area contributed by atoms with Crippen LogP contribution in [0.1, 0.15) is 34.3 Å². The third kappa shape index (κ3) is 4.48. The molecule has 0 bridgehead atoms. The van der Waals surface area contributed by atoms with Crippen molar-refractivity contribution in [3.63, 3.8) is 0 Å². The highest BCUT2D eigenvalue weighted by atomic mass is 19.1. The molecule has 0 radical (unpaired) electrons. The van der Waals surface area contributed by atoms with Crippen LogP contribution in [0.5, 0.6) is 0 Å². The fourth-order valence-electron chi connectivity index (χ4n) is 4.30. The van der Waals surface area contributed by atoms with Crippen LogP contribution in [0.25, 0.3) is 11.1 Å². The molecule has 2 unspecified atom stereocenters. The van der Waals surface area contributed by atoms with Gasteiger partial charge in [-0.15, -0.1) is 0 Å². The van der Waals surface area contributed by atoms with E-state index in [2.05, 4.69) is 5.32 Å². The van der Waals surface area contributed by atoms with Gasteiger partial charge in [-0.05, 0) is 46.4 Å². The number of fused-ring (bicyclic) bond motifs is 3. The number of nitrogens with zero attached hydrogens (tertiary/aromatic N) is 1. The Morgan fingerprint density at radius 3 is 2.29 bits per heavy atom. The van der Waals surface area contributed by atoms with Crippen LogP contribution in [0.3, 0.4) is 0 Å².